The van der Waals surface area contributed by atoms with Gasteiger partial charge in [-0.25, -0.2) is 0 Å². The van der Waals surface area contributed by atoms with Crippen LogP contribution in [0.5, 0.6) is 0 Å². The molecule has 0 radical (unpaired) electrons. The van der Waals surface area contributed by atoms with Crippen molar-refractivity contribution in [2.24, 2.45) is 5.92 Å². The fourth-order valence-electron chi connectivity index (χ4n) is 2.87. The Hall–Kier alpha value is -0.240. The Kier molecular flexibility index (Phi) is 2.19. The maximum Gasteiger partial charge on any atom is 0.123 e. The van der Waals surface area contributed by atoms with E-state index in [1.165, 1.54) is 37.9 Å². The van der Waals surface area contributed by atoms with E-state index in [0.29, 0.717) is 16.8 Å². The Morgan fingerprint density at radius 2 is 2.07 bits per heavy atom. The normalized spacial score (nSPS) is 40.5. The first-order chi connectivity index (χ1) is 6.84. The Morgan fingerprint density at radius 3 is 3.00 bits per heavy atom. The standard InChI is InChI=1S/C12H15BrO/c13-8-5-6-12-10(7-8)9-3-1-2-4-11(9)14-12/h5-6,8,10,12H,1-4,7H2. The lowest BCUT2D eigenvalue weighted by Crippen LogP contribution is -2.23. The molecule has 1 aliphatic heterocycles. The molecule has 0 fully saturated rings. The zero-order valence-electron chi connectivity index (χ0n) is 8.21. The highest BCUT2D eigenvalue weighted by molar-refractivity contribution is 9.09. The van der Waals surface area contributed by atoms with Gasteiger partial charge in [-0.3, -0.25) is 0 Å². The van der Waals surface area contributed by atoms with Crippen molar-refractivity contribution in [2.45, 2.75) is 43.0 Å². The predicted octanol–water partition coefficient (Wildman–Crippen LogP) is 3.55. The molecule has 0 aromatic heterocycles. The fourth-order valence-corrected chi connectivity index (χ4v) is 3.45. The summed E-state index contributed by atoms with van der Waals surface area (Å²) in [6, 6.07) is 0. The van der Waals surface area contributed by atoms with Crippen molar-refractivity contribution in [2.75, 3.05) is 0 Å². The number of ether oxygens (including phenoxy) is 1. The molecule has 76 valence electrons. The van der Waals surface area contributed by atoms with E-state index >= 15 is 0 Å². The Morgan fingerprint density at radius 1 is 1.21 bits per heavy atom. The third-order valence-electron chi connectivity index (χ3n) is 3.57. The van der Waals surface area contributed by atoms with Crippen LogP contribution in [-0.2, 0) is 4.74 Å². The molecule has 0 amide bonds. The summed E-state index contributed by atoms with van der Waals surface area (Å²) < 4.78 is 5.99. The van der Waals surface area contributed by atoms with Crippen LogP contribution in [-0.4, -0.2) is 10.9 Å². The van der Waals surface area contributed by atoms with Crippen LogP contribution in [0.25, 0.3) is 0 Å². The fraction of sp³-hybridized carbons (Fsp3) is 0.667. The van der Waals surface area contributed by atoms with Crippen LogP contribution in [0, 0.1) is 5.92 Å². The van der Waals surface area contributed by atoms with Gasteiger partial charge in [-0.2, -0.15) is 0 Å². The molecule has 2 aliphatic carbocycles. The molecule has 2 heteroatoms. The second-order valence-corrected chi connectivity index (χ2v) is 5.66. The number of hydrogen-bond donors (Lipinski definition) is 0. The summed E-state index contributed by atoms with van der Waals surface area (Å²) in [5.74, 6) is 2.01. The molecule has 3 atom stereocenters. The van der Waals surface area contributed by atoms with Gasteiger partial charge in [-0.05, 0) is 37.3 Å². The largest absolute Gasteiger partial charge is 0.490 e. The molecule has 0 spiro atoms. The van der Waals surface area contributed by atoms with Gasteiger partial charge in [0.2, 0.25) is 0 Å². The molecular weight excluding hydrogens is 240 g/mol. The first kappa shape index (κ1) is 9.02. The van der Waals surface area contributed by atoms with Gasteiger partial charge in [-0.15, -0.1) is 0 Å². The minimum absolute atomic E-state index is 0.367. The molecule has 0 aromatic rings. The topological polar surface area (TPSA) is 9.23 Å². The average Bonchev–Trinajstić information content (AvgIpc) is 2.56. The molecule has 0 saturated heterocycles. The highest BCUT2D eigenvalue weighted by Crippen LogP contribution is 2.44. The van der Waals surface area contributed by atoms with Crippen molar-refractivity contribution in [3.8, 4) is 0 Å². The Bertz CT molecular complexity index is 305. The molecule has 0 bridgehead atoms. The van der Waals surface area contributed by atoms with Gasteiger partial charge in [0.15, 0.2) is 0 Å². The highest BCUT2D eigenvalue weighted by Gasteiger charge is 2.38. The summed E-state index contributed by atoms with van der Waals surface area (Å²) in [6.45, 7) is 0. The van der Waals surface area contributed by atoms with E-state index in [2.05, 4.69) is 28.1 Å². The summed E-state index contributed by atoms with van der Waals surface area (Å²) in [7, 11) is 0. The minimum atomic E-state index is 0.367. The SMILES string of the molecule is BrC1C=CC2OC3=C(CCCC3)C2C1. The summed E-state index contributed by atoms with van der Waals surface area (Å²) >= 11 is 3.68. The lowest BCUT2D eigenvalue weighted by molar-refractivity contribution is 0.140. The van der Waals surface area contributed by atoms with Gasteiger partial charge in [0, 0.05) is 17.2 Å². The van der Waals surface area contributed by atoms with Crippen LogP contribution in [0.15, 0.2) is 23.5 Å². The monoisotopic (exact) mass is 254 g/mol. The number of allylic oxidation sites excluding steroid dienone is 2. The van der Waals surface area contributed by atoms with E-state index in [4.69, 9.17) is 4.74 Å². The lowest BCUT2D eigenvalue weighted by atomic mass is 9.82. The molecule has 3 unspecified atom stereocenters. The Balaban J connectivity index is 1.89. The summed E-state index contributed by atoms with van der Waals surface area (Å²) in [5.41, 5.74) is 1.63. The minimum Gasteiger partial charge on any atom is -0.490 e. The van der Waals surface area contributed by atoms with Crippen LogP contribution in [0.3, 0.4) is 0 Å². The highest BCUT2D eigenvalue weighted by atomic mass is 79.9. The van der Waals surface area contributed by atoms with Crippen LogP contribution >= 0.6 is 15.9 Å². The maximum atomic E-state index is 5.99. The van der Waals surface area contributed by atoms with Crippen LogP contribution in [0.2, 0.25) is 0 Å². The van der Waals surface area contributed by atoms with Crippen molar-refractivity contribution >= 4 is 15.9 Å². The van der Waals surface area contributed by atoms with Crippen LogP contribution in [0.4, 0.5) is 0 Å². The second kappa shape index (κ2) is 3.41. The molecule has 1 nitrogen and oxygen atoms in total. The number of halogens is 1. The lowest BCUT2D eigenvalue weighted by Gasteiger charge is -2.24. The summed E-state index contributed by atoms with van der Waals surface area (Å²) in [5, 5.41) is 0. The number of hydrogen-bond acceptors (Lipinski definition) is 1. The van der Waals surface area contributed by atoms with Gasteiger partial charge >= 0.3 is 0 Å². The van der Waals surface area contributed by atoms with E-state index in [-0.39, 0.29) is 0 Å². The quantitative estimate of drug-likeness (QED) is 0.475. The van der Waals surface area contributed by atoms with Gasteiger partial charge in [0.25, 0.3) is 0 Å². The molecule has 3 rings (SSSR count). The van der Waals surface area contributed by atoms with Gasteiger partial charge in [0.1, 0.15) is 6.10 Å². The number of rotatable bonds is 0. The van der Waals surface area contributed by atoms with Gasteiger partial charge in [-0.1, -0.05) is 22.0 Å². The van der Waals surface area contributed by atoms with E-state index < -0.39 is 0 Å². The maximum absolute atomic E-state index is 5.99. The molecule has 0 aromatic carbocycles. The Labute approximate surface area is 93.3 Å². The van der Waals surface area contributed by atoms with Crippen molar-refractivity contribution < 1.29 is 4.74 Å². The molecular formula is C12H15BrO. The first-order valence-corrected chi connectivity index (χ1v) is 6.47. The van der Waals surface area contributed by atoms with E-state index in [1.54, 1.807) is 5.57 Å². The summed E-state index contributed by atoms with van der Waals surface area (Å²) in [6.07, 6.45) is 11.2. The van der Waals surface area contributed by atoms with Crippen LogP contribution < -0.4 is 0 Å². The van der Waals surface area contributed by atoms with Crippen molar-refractivity contribution in [3.63, 3.8) is 0 Å². The second-order valence-electron chi connectivity index (χ2n) is 4.48. The predicted molar refractivity (Wildman–Crippen MR) is 60.3 cm³/mol. The third-order valence-corrected chi connectivity index (χ3v) is 4.25. The molecule has 0 saturated carbocycles. The van der Waals surface area contributed by atoms with E-state index in [0.717, 1.165) is 0 Å². The van der Waals surface area contributed by atoms with Crippen molar-refractivity contribution in [1.29, 1.82) is 0 Å². The van der Waals surface area contributed by atoms with Crippen molar-refractivity contribution in [3.05, 3.63) is 23.5 Å². The molecule has 3 aliphatic rings. The van der Waals surface area contributed by atoms with Gasteiger partial charge in [0.05, 0.1) is 5.76 Å². The third kappa shape index (κ3) is 1.35. The average molecular weight is 255 g/mol. The molecule has 0 N–H and O–H groups in total. The summed E-state index contributed by atoms with van der Waals surface area (Å²) in [4.78, 5) is 0.557. The van der Waals surface area contributed by atoms with E-state index in [1.807, 2.05) is 0 Å². The molecule has 14 heavy (non-hydrogen) atoms. The van der Waals surface area contributed by atoms with E-state index in [9.17, 15) is 0 Å². The first-order valence-electron chi connectivity index (χ1n) is 5.55. The smallest absolute Gasteiger partial charge is 0.123 e. The number of fused-ring (bicyclic) bond motifs is 2. The zero-order chi connectivity index (χ0) is 9.54. The van der Waals surface area contributed by atoms with Crippen molar-refractivity contribution in [1.82, 2.24) is 0 Å². The zero-order valence-corrected chi connectivity index (χ0v) is 9.79. The molecule has 1 heterocycles. The van der Waals surface area contributed by atoms with Crippen LogP contribution in [0.1, 0.15) is 32.1 Å². The number of alkyl halides is 1. The van der Waals surface area contributed by atoms with Gasteiger partial charge < -0.3 is 4.74 Å².